The molecule has 1 aliphatic rings. The van der Waals surface area contributed by atoms with Gasteiger partial charge in [0.05, 0.1) is 11.6 Å². The minimum absolute atomic E-state index is 0.135. The minimum Gasteiger partial charge on any atom is -0.507 e. The van der Waals surface area contributed by atoms with Crippen LogP contribution in [0, 0.1) is 6.92 Å². The number of hydrogen-bond acceptors (Lipinski definition) is 4. The van der Waals surface area contributed by atoms with Crippen LogP contribution in [-0.4, -0.2) is 52.8 Å². The Kier molecular flexibility index (Phi) is 7.10. The Labute approximate surface area is 186 Å². The van der Waals surface area contributed by atoms with Gasteiger partial charge in [-0.1, -0.05) is 71.7 Å². The maximum Gasteiger partial charge on any atom is 0.295 e. The number of aliphatic hydroxyl groups is 1. The molecule has 1 saturated heterocycles. The largest absolute Gasteiger partial charge is 0.507 e. The average Bonchev–Trinajstić information content (AvgIpc) is 2.99. The van der Waals surface area contributed by atoms with Gasteiger partial charge in [-0.2, -0.15) is 0 Å². The second-order valence-electron chi connectivity index (χ2n) is 7.44. The zero-order chi connectivity index (χ0) is 21.8. The van der Waals surface area contributed by atoms with E-state index in [-0.39, 0.29) is 11.3 Å². The van der Waals surface area contributed by atoms with E-state index in [2.05, 4.69) is 34.7 Å². The summed E-state index contributed by atoms with van der Waals surface area (Å²) in [4.78, 5) is 29.8. The van der Waals surface area contributed by atoms with Crippen molar-refractivity contribution in [3.8, 4) is 0 Å². The van der Waals surface area contributed by atoms with Crippen LogP contribution in [0.25, 0.3) is 5.76 Å². The predicted molar refractivity (Wildman–Crippen MR) is 122 cm³/mol. The first-order chi connectivity index (χ1) is 14.4. The lowest BCUT2D eigenvalue weighted by molar-refractivity contribution is -0.140. The summed E-state index contributed by atoms with van der Waals surface area (Å²) in [7, 11) is 0. The first kappa shape index (κ1) is 22.2. The number of aryl methyl sites for hydroxylation is 1. The minimum atomic E-state index is -0.641. The standard InChI is InChI=1S/C24H27BrN2O3/c1-4-26(5-2)13-14-27-21(18-7-6-8-19(25)15-18)20(23(29)24(27)30)22(28)17-11-9-16(3)10-12-17/h6-12,15,21,28H,4-5,13-14H2,1-3H3/t21-/m0/s1. The molecule has 1 fully saturated rings. The summed E-state index contributed by atoms with van der Waals surface area (Å²) in [6.07, 6.45) is 0. The Hall–Kier alpha value is -2.44. The molecule has 0 radical (unpaired) electrons. The molecule has 2 aromatic carbocycles. The van der Waals surface area contributed by atoms with Crippen LogP contribution < -0.4 is 0 Å². The van der Waals surface area contributed by atoms with Crippen molar-refractivity contribution in [3.63, 3.8) is 0 Å². The van der Waals surface area contributed by atoms with Crippen molar-refractivity contribution in [2.45, 2.75) is 26.8 Å². The number of likely N-dealkylation sites (tertiary alicyclic amines) is 1. The van der Waals surface area contributed by atoms with E-state index in [0.717, 1.165) is 28.7 Å². The van der Waals surface area contributed by atoms with E-state index < -0.39 is 17.7 Å². The van der Waals surface area contributed by atoms with E-state index >= 15 is 0 Å². The van der Waals surface area contributed by atoms with Gasteiger partial charge < -0.3 is 14.9 Å². The van der Waals surface area contributed by atoms with E-state index in [0.29, 0.717) is 18.7 Å². The van der Waals surface area contributed by atoms with Gasteiger partial charge in [-0.05, 0) is 37.7 Å². The highest BCUT2D eigenvalue weighted by molar-refractivity contribution is 9.10. The molecule has 1 heterocycles. The van der Waals surface area contributed by atoms with Crippen LogP contribution in [0.3, 0.4) is 0 Å². The molecule has 0 aliphatic carbocycles. The van der Waals surface area contributed by atoms with Crippen LogP contribution in [-0.2, 0) is 9.59 Å². The highest BCUT2D eigenvalue weighted by Crippen LogP contribution is 2.39. The van der Waals surface area contributed by atoms with Crippen molar-refractivity contribution in [2.75, 3.05) is 26.2 Å². The molecule has 0 aromatic heterocycles. The van der Waals surface area contributed by atoms with Crippen LogP contribution in [0.5, 0.6) is 0 Å². The highest BCUT2D eigenvalue weighted by Gasteiger charge is 2.45. The van der Waals surface area contributed by atoms with Crippen LogP contribution >= 0.6 is 15.9 Å². The molecule has 0 unspecified atom stereocenters. The third-order valence-corrected chi connectivity index (χ3v) is 6.07. The van der Waals surface area contributed by atoms with Crippen molar-refractivity contribution >= 4 is 33.4 Å². The smallest absolute Gasteiger partial charge is 0.295 e. The van der Waals surface area contributed by atoms with Crippen molar-refractivity contribution in [1.29, 1.82) is 0 Å². The number of Topliss-reactive ketones (excluding diaryl/α,β-unsaturated/α-hetero) is 1. The first-order valence-corrected chi connectivity index (χ1v) is 11.0. The van der Waals surface area contributed by atoms with Crippen molar-refractivity contribution in [1.82, 2.24) is 9.80 Å². The molecule has 30 heavy (non-hydrogen) atoms. The van der Waals surface area contributed by atoms with Gasteiger partial charge in [-0.25, -0.2) is 0 Å². The summed E-state index contributed by atoms with van der Waals surface area (Å²) in [5.41, 5.74) is 2.51. The second kappa shape index (κ2) is 9.58. The predicted octanol–water partition coefficient (Wildman–Crippen LogP) is 4.52. The molecule has 2 aromatic rings. The number of nitrogens with zero attached hydrogens (tertiary/aromatic N) is 2. The summed E-state index contributed by atoms with van der Waals surface area (Å²) >= 11 is 3.48. The van der Waals surface area contributed by atoms with Crippen LogP contribution in [0.2, 0.25) is 0 Å². The maximum atomic E-state index is 13.0. The molecular weight excluding hydrogens is 444 g/mol. The van der Waals surface area contributed by atoms with E-state index in [1.54, 1.807) is 17.0 Å². The summed E-state index contributed by atoms with van der Waals surface area (Å²) in [6, 6.07) is 14.2. The molecule has 1 amide bonds. The summed E-state index contributed by atoms with van der Waals surface area (Å²) in [5.74, 6) is -1.35. The summed E-state index contributed by atoms with van der Waals surface area (Å²) < 4.78 is 0.852. The van der Waals surface area contributed by atoms with Crippen molar-refractivity contribution in [3.05, 3.63) is 75.3 Å². The zero-order valence-electron chi connectivity index (χ0n) is 17.6. The lowest BCUT2D eigenvalue weighted by atomic mass is 9.95. The lowest BCUT2D eigenvalue weighted by Crippen LogP contribution is -2.38. The number of ketones is 1. The molecular formula is C24H27BrN2O3. The Morgan fingerprint density at radius 2 is 1.77 bits per heavy atom. The fraction of sp³-hybridized carbons (Fsp3) is 0.333. The quantitative estimate of drug-likeness (QED) is 0.367. The van der Waals surface area contributed by atoms with Gasteiger partial charge in [-0.3, -0.25) is 9.59 Å². The van der Waals surface area contributed by atoms with Crippen LogP contribution in [0.1, 0.15) is 36.6 Å². The average molecular weight is 471 g/mol. The molecule has 0 saturated carbocycles. The number of amides is 1. The second-order valence-corrected chi connectivity index (χ2v) is 8.36. The maximum absolute atomic E-state index is 13.0. The van der Waals surface area contributed by atoms with E-state index in [1.165, 1.54) is 0 Å². The van der Waals surface area contributed by atoms with Crippen molar-refractivity contribution < 1.29 is 14.7 Å². The van der Waals surface area contributed by atoms with E-state index in [1.807, 2.05) is 43.3 Å². The number of likely N-dealkylation sites (N-methyl/N-ethyl adjacent to an activating group) is 1. The third kappa shape index (κ3) is 4.50. The van der Waals surface area contributed by atoms with Gasteiger partial charge in [0.1, 0.15) is 5.76 Å². The Morgan fingerprint density at radius 3 is 2.37 bits per heavy atom. The van der Waals surface area contributed by atoms with Gasteiger partial charge in [-0.15, -0.1) is 0 Å². The zero-order valence-corrected chi connectivity index (χ0v) is 19.1. The lowest BCUT2D eigenvalue weighted by Gasteiger charge is -2.28. The molecule has 3 rings (SSSR count). The summed E-state index contributed by atoms with van der Waals surface area (Å²) in [6.45, 7) is 8.90. The topological polar surface area (TPSA) is 60.9 Å². The van der Waals surface area contributed by atoms with E-state index in [4.69, 9.17) is 0 Å². The molecule has 1 atom stereocenters. The Balaban J connectivity index is 2.09. The molecule has 1 aliphatic heterocycles. The Morgan fingerprint density at radius 1 is 1.10 bits per heavy atom. The van der Waals surface area contributed by atoms with Gasteiger partial charge in [0.25, 0.3) is 11.7 Å². The molecule has 5 nitrogen and oxygen atoms in total. The van der Waals surface area contributed by atoms with Crippen LogP contribution in [0.4, 0.5) is 0 Å². The molecule has 6 heteroatoms. The van der Waals surface area contributed by atoms with Gasteiger partial charge in [0.2, 0.25) is 0 Å². The molecule has 0 bridgehead atoms. The van der Waals surface area contributed by atoms with Gasteiger partial charge in [0, 0.05) is 23.1 Å². The van der Waals surface area contributed by atoms with Crippen molar-refractivity contribution in [2.24, 2.45) is 0 Å². The number of hydrogen-bond donors (Lipinski definition) is 1. The highest BCUT2D eigenvalue weighted by atomic mass is 79.9. The number of benzene rings is 2. The van der Waals surface area contributed by atoms with Gasteiger partial charge >= 0.3 is 0 Å². The van der Waals surface area contributed by atoms with Crippen LogP contribution in [0.15, 0.2) is 58.6 Å². The number of carbonyl (C=O) groups excluding carboxylic acids is 2. The number of rotatable bonds is 7. The Bertz CT molecular complexity index is 965. The van der Waals surface area contributed by atoms with Gasteiger partial charge in [0.15, 0.2) is 0 Å². The number of aliphatic hydroxyl groups excluding tert-OH is 1. The number of halogens is 1. The molecule has 158 valence electrons. The normalized spacial score (nSPS) is 18.4. The molecule has 1 N–H and O–H groups in total. The fourth-order valence-electron chi connectivity index (χ4n) is 3.79. The van der Waals surface area contributed by atoms with E-state index in [9.17, 15) is 14.7 Å². The fourth-order valence-corrected chi connectivity index (χ4v) is 4.21. The SMILES string of the molecule is CCN(CC)CCN1C(=O)C(=O)C(=C(O)c2ccc(C)cc2)[C@@H]1c1cccc(Br)c1. The first-order valence-electron chi connectivity index (χ1n) is 10.2. The number of carbonyl (C=O) groups is 2. The summed E-state index contributed by atoms with van der Waals surface area (Å²) in [5, 5.41) is 11.0. The third-order valence-electron chi connectivity index (χ3n) is 5.58. The molecule has 0 spiro atoms. The monoisotopic (exact) mass is 470 g/mol.